The standard InChI is InChI=1S/C38H68N6O11/c1-19(2)14-25(41-37(53)35(23(9)10)43-38(54)34(22(7)8)42-29(47)16-21(5)6)27(45)17-30(48)39-24(11)36(52)40-26(15-20(3)4)28(46)18-33(51)55-44-31(49)12-13-32(44)50/h19-28,34-35,38,43,45-46,54H,12-18H2,1-11H3,(H,39,48)(H,40,52)(H,41,53)(H,42,47)/t24-,25-,26-,27-,28-,34-,35-,38?/m0/s1. The van der Waals surface area contributed by atoms with E-state index < -0.39 is 97.0 Å². The lowest BCUT2D eigenvalue weighted by Gasteiger charge is -2.34. The van der Waals surface area contributed by atoms with Gasteiger partial charge >= 0.3 is 5.97 Å². The number of amides is 6. The van der Waals surface area contributed by atoms with Crippen LogP contribution in [0.2, 0.25) is 0 Å². The predicted molar refractivity (Wildman–Crippen MR) is 203 cm³/mol. The minimum Gasteiger partial charge on any atom is -0.390 e. The largest absolute Gasteiger partial charge is 0.390 e. The summed E-state index contributed by atoms with van der Waals surface area (Å²) < 4.78 is 0. The molecule has 0 bridgehead atoms. The lowest BCUT2D eigenvalue weighted by molar-refractivity contribution is -0.199. The first kappa shape index (κ1) is 49.3. The number of carbonyl (C=O) groups excluding carboxylic acids is 7. The molecule has 0 saturated carbocycles. The number of nitrogens with zero attached hydrogens (tertiary/aromatic N) is 1. The monoisotopic (exact) mass is 784 g/mol. The summed E-state index contributed by atoms with van der Waals surface area (Å²) in [5, 5.41) is 47.3. The van der Waals surface area contributed by atoms with E-state index >= 15 is 0 Å². The molecule has 0 spiro atoms. The maximum atomic E-state index is 13.6. The van der Waals surface area contributed by atoms with Gasteiger partial charge in [-0.05, 0) is 49.4 Å². The van der Waals surface area contributed by atoms with E-state index in [2.05, 4.69) is 26.6 Å². The number of rotatable bonds is 24. The Labute approximate surface area is 325 Å². The zero-order valence-corrected chi connectivity index (χ0v) is 34.5. The fraction of sp³-hybridized carbons (Fsp3) is 0.816. The molecule has 0 radical (unpaired) electrons. The molecule has 0 aromatic carbocycles. The molecule has 17 heteroatoms. The highest BCUT2D eigenvalue weighted by molar-refractivity contribution is 6.01. The Kier molecular flexibility index (Phi) is 21.0. The number of hydroxylamine groups is 2. The van der Waals surface area contributed by atoms with Crippen LogP contribution in [0.5, 0.6) is 0 Å². The highest BCUT2D eigenvalue weighted by Crippen LogP contribution is 2.17. The van der Waals surface area contributed by atoms with Crippen molar-refractivity contribution in [2.24, 2.45) is 29.6 Å². The molecule has 8 N–H and O–H groups in total. The first-order valence-corrected chi connectivity index (χ1v) is 19.5. The van der Waals surface area contributed by atoms with Gasteiger partial charge in [0.25, 0.3) is 11.8 Å². The molecule has 8 atom stereocenters. The number of carbonyl (C=O) groups is 7. The first-order chi connectivity index (χ1) is 25.4. The van der Waals surface area contributed by atoms with Crippen molar-refractivity contribution in [3.05, 3.63) is 0 Å². The van der Waals surface area contributed by atoms with E-state index in [1.165, 1.54) is 6.92 Å². The molecule has 1 saturated heterocycles. The Hall–Kier alpha value is -3.67. The second kappa shape index (κ2) is 23.4. The third-order valence-electron chi connectivity index (χ3n) is 9.05. The molecule has 1 aliphatic heterocycles. The quantitative estimate of drug-likeness (QED) is 0.0500. The Balaban J connectivity index is 2.93. The van der Waals surface area contributed by atoms with Crippen LogP contribution in [0, 0.1) is 29.6 Å². The summed E-state index contributed by atoms with van der Waals surface area (Å²) in [5.74, 6) is -4.85. The molecule has 6 amide bonds. The van der Waals surface area contributed by atoms with Crippen molar-refractivity contribution in [3.8, 4) is 0 Å². The predicted octanol–water partition coefficient (Wildman–Crippen LogP) is 0.782. The van der Waals surface area contributed by atoms with E-state index in [4.69, 9.17) is 4.84 Å². The van der Waals surface area contributed by atoms with Gasteiger partial charge in [0.2, 0.25) is 23.6 Å². The van der Waals surface area contributed by atoms with E-state index in [1.807, 2.05) is 55.4 Å². The van der Waals surface area contributed by atoms with Crippen LogP contribution in [0.3, 0.4) is 0 Å². The molecule has 1 rings (SSSR count). The third-order valence-corrected chi connectivity index (χ3v) is 9.05. The van der Waals surface area contributed by atoms with Crippen molar-refractivity contribution in [2.45, 2.75) is 170 Å². The number of aliphatic hydroxyl groups excluding tert-OH is 3. The summed E-state index contributed by atoms with van der Waals surface area (Å²) in [4.78, 5) is 93.1. The van der Waals surface area contributed by atoms with Gasteiger partial charge in [-0.3, -0.25) is 34.1 Å². The molecule has 1 heterocycles. The van der Waals surface area contributed by atoms with Gasteiger partial charge in [-0.2, -0.15) is 0 Å². The van der Waals surface area contributed by atoms with Crippen LogP contribution in [0.25, 0.3) is 0 Å². The average molecular weight is 785 g/mol. The van der Waals surface area contributed by atoms with Gasteiger partial charge < -0.3 is 41.4 Å². The van der Waals surface area contributed by atoms with Crippen molar-refractivity contribution in [1.82, 2.24) is 31.6 Å². The van der Waals surface area contributed by atoms with Crippen LogP contribution in [0.15, 0.2) is 0 Å². The molecule has 1 fully saturated rings. The molecular formula is C38H68N6O11. The van der Waals surface area contributed by atoms with Crippen molar-refractivity contribution < 1.29 is 53.7 Å². The summed E-state index contributed by atoms with van der Waals surface area (Å²) in [6.45, 7) is 19.9. The third kappa shape index (κ3) is 17.8. The number of imide groups is 1. The summed E-state index contributed by atoms with van der Waals surface area (Å²) >= 11 is 0. The molecule has 0 aliphatic carbocycles. The fourth-order valence-corrected chi connectivity index (χ4v) is 6.11. The van der Waals surface area contributed by atoms with Crippen molar-refractivity contribution >= 4 is 41.4 Å². The normalized spacial score (nSPS) is 17.8. The Morgan fingerprint density at radius 3 is 1.55 bits per heavy atom. The Bertz CT molecular complexity index is 1290. The van der Waals surface area contributed by atoms with Gasteiger partial charge in [0.05, 0.1) is 49.2 Å². The first-order valence-electron chi connectivity index (χ1n) is 19.5. The second-order valence-corrected chi connectivity index (χ2v) is 16.6. The highest BCUT2D eigenvalue weighted by Gasteiger charge is 2.36. The summed E-state index contributed by atoms with van der Waals surface area (Å²) in [7, 11) is 0. The van der Waals surface area contributed by atoms with Gasteiger partial charge in [-0.15, -0.1) is 5.06 Å². The number of aliphatic hydroxyl groups is 3. The van der Waals surface area contributed by atoms with Gasteiger partial charge in [-0.25, -0.2) is 4.79 Å². The van der Waals surface area contributed by atoms with Crippen LogP contribution in [0.4, 0.5) is 0 Å². The van der Waals surface area contributed by atoms with Crippen LogP contribution < -0.4 is 26.6 Å². The van der Waals surface area contributed by atoms with E-state index in [9.17, 15) is 48.9 Å². The van der Waals surface area contributed by atoms with Crippen molar-refractivity contribution in [3.63, 3.8) is 0 Å². The molecule has 1 unspecified atom stereocenters. The number of hydrogen-bond donors (Lipinski definition) is 8. The minimum atomic E-state index is -1.44. The second-order valence-electron chi connectivity index (χ2n) is 16.6. The number of nitrogens with one attached hydrogen (secondary N) is 5. The summed E-state index contributed by atoms with van der Waals surface area (Å²) in [5.41, 5.74) is 0. The topological polar surface area (TPSA) is 253 Å². The lowest BCUT2D eigenvalue weighted by Crippen LogP contribution is -2.61. The zero-order valence-electron chi connectivity index (χ0n) is 34.5. The Morgan fingerprint density at radius 1 is 0.618 bits per heavy atom. The molecule has 55 heavy (non-hydrogen) atoms. The van der Waals surface area contributed by atoms with E-state index in [0.29, 0.717) is 11.5 Å². The fourth-order valence-electron chi connectivity index (χ4n) is 6.11. The average Bonchev–Trinajstić information content (AvgIpc) is 3.35. The molecule has 0 aromatic rings. The molecule has 1 aliphatic rings. The van der Waals surface area contributed by atoms with Crippen LogP contribution >= 0.6 is 0 Å². The van der Waals surface area contributed by atoms with Gasteiger partial charge in [0, 0.05) is 19.3 Å². The molecule has 17 nitrogen and oxygen atoms in total. The molecular weight excluding hydrogens is 716 g/mol. The molecule has 316 valence electrons. The van der Waals surface area contributed by atoms with Gasteiger partial charge in [0.15, 0.2) is 0 Å². The van der Waals surface area contributed by atoms with Crippen molar-refractivity contribution in [1.29, 1.82) is 0 Å². The van der Waals surface area contributed by atoms with E-state index in [0.717, 1.165) is 0 Å². The minimum absolute atomic E-state index is 0.00295. The van der Waals surface area contributed by atoms with Crippen LogP contribution in [-0.2, 0) is 38.4 Å². The van der Waals surface area contributed by atoms with E-state index in [-0.39, 0.29) is 61.2 Å². The SMILES string of the molecule is CC(C)CC(=O)N[C@@H](C(C)C)C(O)N[C@H](C(=O)N[C@@H](CC(C)C)[C@@H](O)CC(=O)N[C@@H](C)C(=O)N[C@@H](CC(C)C)[C@@H](O)CC(=O)ON1C(=O)CCC1=O)C(C)C. The van der Waals surface area contributed by atoms with Crippen LogP contribution in [-0.4, -0.2) is 110 Å². The Morgan fingerprint density at radius 2 is 1.09 bits per heavy atom. The zero-order chi connectivity index (χ0) is 42.3. The van der Waals surface area contributed by atoms with Crippen molar-refractivity contribution in [2.75, 3.05) is 0 Å². The van der Waals surface area contributed by atoms with E-state index in [1.54, 1.807) is 13.8 Å². The summed E-state index contributed by atoms with van der Waals surface area (Å²) in [6, 6.07) is -4.55. The molecule has 0 aromatic heterocycles. The smallest absolute Gasteiger partial charge is 0.335 e. The van der Waals surface area contributed by atoms with Crippen LogP contribution in [0.1, 0.15) is 121 Å². The number of hydrogen-bond acceptors (Lipinski definition) is 12. The maximum absolute atomic E-state index is 13.6. The van der Waals surface area contributed by atoms with Gasteiger partial charge in [0.1, 0.15) is 12.3 Å². The highest BCUT2D eigenvalue weighted by atomic mass is 16.7. The van der Waals surface area contributed by atoms with Gasteiger partial charge in [-0.1, -0.05) is 69.2 Å². The lowest BCUT2D eigenvalue weighted by atomic mass is 9.95. The maximum Gasteiger partial charge on any atom is 0.335 e. The summed E-state index contributed by atoms with van der Waals surface area (Å²) in [6.07, 6.45) is -4.49.